The summed E-state index contributed by atoms with van der Waals surface area (Å²) in [6.45, 7) is 15.8. The summed E-state index contributed by atoms with van der Waals surface area (Å²) in [4.78, 5) is 17.1. The fourth-order valence-corrected chi connectivity index (χ4v) is 2.29. The molecule has 2 N–H and O–H groups in total. The molecule has 1 saturated heterocycles. The minimum atomic E-state index is -0.522. The van der Waals surface area contributed by atoms with Crippen molar-refractivity contribution in [2.45, 2.75) is 59.5 Å². The molecule has 1 rings (SSSR count). The Balaban J connectivity index is 2.63. The molecule has 112 valence electrons. The Hall–Kier alpha value is -0.610. The SMILES string of the molecule is CCC(C)N1CCN(C(=O)C(C)(C)C(C)(C)N)CC1. The number of nitrogens with zero attached hydrogens (tertiary/aromatic N) is 2. The Kier molecular flexibility index (Phi) is 5.02. The molecule has 0 aliphatic carbocycles. The number of amides is 1. The van der Waals surface area contributed by atoms with E-state index in [1.807, 2.05) is 32.6 Å². The van der Waals surface area contributed by atoms with E-state index in [1.165, 1.54) is 0 Å². The number of carbonyl (C=O) groups excluding carboxylic acids is 1. The molecule has 0 radical (unpaired) electrons. The minimum absolute atomic E-state index is 0.184. The van der Waals surface area contributed by atoms with E-state index < -0.39 is 11.0 Å². The Morgan fingerprint density at radius 2 is 1.63 bits per heavy atom. The smallest absolute Gasteiger partial charge is 0.230 e. The van der Waals surface area contributed by atoms with Gasteiger partial charge < -0.3 is 10.6 Å². The summed E-state index contributed by atoms with van der Waals surface area (Å²) in [5, 5.41) is 0. The van der Waals surface area contributed by atoms with Crippen LogP contribution in [-0.2, 0) is 4.79 Å². The summed E-state index contributed by atoms with van der Waals surface area (Å²) in [6, 6.07) is 0.608. The molecular formula is C15H31N3O. The van der Waals surface area contributed by atoms with E-state index in [1.54, 1.807) is 0 Å². The highest BCUT2D eigenvalue weighted by atomic mass is 16.2. The van der Waals surface area contributed by atoms with Crippen molar-refractivity contribution >= 4 is 5.91 Å². The normalized spacial score (nSPS) is 20.5. The maximum atomic E-state index is 12.6. The van der Waals surface area contributed by atoms with Crippen LogP contribution in [0.4, 0.5) is 0 Å². The van der Waals surface area contributed by atoms with E-state index in [9.17, 15) is 4.79 Å². The lowest BCUT2D eigenvalue weighted by Gasteiger charge is -2.44. The summed E-state index contributed by atoms with van der Waals surface area (Å²) >= 11 is 0. The summed E-state index contributed by atoms with van der Waals surface area (Å²) in [5.41, 5.74) is 5.14. The van der Waals surface area contributed by atoms with Gasteiger partial charge in [-0.2, -0.15) is 0 Å². The predicted molar refractivity (Wildman–Crippen MR) is 80.0 cm³/mol. The first-order chi connectivity index (χ1) is 8.61. The third-order valence-electron chi connectivity index (χ3n) is 4.96. The van der Waals surface area contributed by atoms with E-state index in [2.05, 4.69) is 18.7 Å². The molecule has 1 aliphatic heterocycles. The summed E-state index contributed by atoms with van der Waals surface area (Å²) in [5.74, 6) is 0.184. The lowest BCUT2D eigenvalue weighted by atomic mass is 9.74. The average Bonchev–Trinajstić information content (AvgIpc) is 2.35. The van der Waals surface area contributed by atoms with Crippen molar-refractivity contribution in [1.82, 2.24) is 9.80 Å². The lowest BCUT2D eigenvalue weighted by Crippen LogP contribution is -2.60. The molecule has 19 heavy (non-hydrogen) atoms. The van der Waals surface area contributed by atoms with Crippen LogP contribution in [0.25, 0.3) is 0 Å². The van der Waals surface area contributed by atoms with Crippen LogP contribution in [0.3, 0.4) is 0 Å². The largest absolute Gasteiger partial charge is 0.340 e. The molecule has 1 unspecified atom stereocenters. The van der Waals surface area contributed by atoms with Crippen molar-refractivity contribution < 1.29 is 4.79 Å². The van der Waals surface area contributed by atoms with Gasteiger partial charge in [0, 0.05) is 37.8 Å². The second-order valence-electron chi connectivity index (χ2n) is 6.93. The average molecular weight is 269 g/mol. The highest BCUT2D eigenvalue weighted by Gasteiger charge is 2.43. The Morgan fingerprint density at radius 1 is 1.16 bits per heavy atom. The molecule has 1 amide bonds. The number of rotatable bonds is 4. The van der Waals surface area contributed by atoms with Gasteiger partial charge in [-0.1, -0.05) is 6.92 Å². The Bertz CT molecular complexity index is 312. The van der Waals surface area contributed by atoms with Crippen molar-refractivity contribution in [1.29, 1.82) is 0 Å². The van der Waals surface area contributed by atoms with E-state index in [0.717, 1.165) is 32.6 Å². The Labute approximate surface area is 118 Å². The van der Waals surface area contributed by atoms with Gasteiger partial charge in [0.25, 0.3) is 0 Å². The molecule has 4 nitrogen and oxygen atoms in total. The fourth-order valence-electron chi connectivity index (χ4n) is 2.29. The number of hydrogen-bond acceptors (Lipinski definition) is 3. The van der Waals surface area contributed by atoms with Gasteiger partial charge in [0.15, 0.2) is 0 Å². The van der Waals surface area contributed by atoms with Crippen LogP contribution in [0.2, 0.25) is 0 Å². The van der Waals surface area contributed by atoms with Gasteiger partial charge in [0.2, 0.25) is 5.91 Å². The maximum absolute atomic E-state index is 12.6. The minimum Gasteiger partial charge on any atom is -0.340 e. The highest BCUT2D eigenvalue weighted by Crippen LogP contribution is 2.31. The second-order valence-corrected chi connectivity index (χ2v) is 6.93. The first-order valence-corrected chi connectivity index (χ1v) is 7.43. The Morgan fingerprint density at radius 3 is 2.00 bits per heavy atom. The lowest BCUT2D eigenvalue weighted by molar-refractivity contribution is -0.145. The molecule has 0 aromatic heterocycles. The van der Waals surface area contributed by atoms with E-state index in [-0.39, 0.29) is 5.91 Å². The van der Waals surface area contributed by atoms with Crippen LogP contribution in [0.5, 0.6) is 0 Å². The van der Waals surface area contributed by atoms with Gasteiger partial charge in [-0.3, -0.25) is 9.69 Å². The van der Waals surface area contributed by atoms with Crippen molar-refractivity contribution in [3.63, 3.8) is 0 Å². The zero-order valence-corrected chi connectivity index (χ0v) is 13.5. The van der Waals surface area contributed by atoms with Crippen molar-refractivity contribution in [2.75, 3.05) is 26.2 Å². The van der Waals surface area contributed by atoms with Crippen molar-refractivity contribution in [3.05, 3.63) is 0 Å². The van der Waals surface area contributed by atoms with Gasteiger partial charge in [-0.25, -0.2) is 0 Å². The van der Waals surface area contributed by atoms with Crippen LogP contribution < -0.4 is 5.73 Å². The van der Waals surface area contributed by atoms with Crippen LogP contribution in [0, 0.1) is 5.41 Å². The zero-order valence-electron chi connectivity index (χ0n) is 13.5. The van der Waals surface area contributed by atoms with E-state index in [4.69, 9.17) is 5.73 Å². The fraction of sp³-hybridized carbons (Fsp3) is 0.933. The van der Waals surface area contributed by atoms with Crippen LogP contribution >= 0.6 is 0 Å². The number of piperazine rings is 1. The zero-order chi connectivity index (χ0) is 14.8. The molecule has 1 heterocycles. The number of hydrogen-bond donors (Lipinski definition) is 1. The quantitative estimate of drug-likeness (QED) is 0.845. The molecular weight excluding hydrogens is 238 g/mol. The molecule has 4 heteroatoms. The molecule has 0 spiro atoms. The van der Waals surface area contributed by atoms with Gasteiger partial charge in [0.05, 0.1) is 5.41 Å². The summed E-state index contributed by atoms with van der Waals surface area (Å²) in [6.07, 6.45) is 1.16. The van der Waals surface area contributed by atoms with Gasteiger partial charge >= 0.3 is 0 Å². The molecule has 0 saturated carbocycles. The molecule has 1 fully saturated rings. The van der Waals surface area contributed by atoms with Crippen LogP contribution in [0.15, 0.2) is 0 Å². The van der Waals surface area contributed by atoms with E-state index >= 15 is 0 Å². The first kappa shape index (κ1) is 16.4. The second kappa shape index (κ2) is 5.80. The van der Waals surface area contributed by atoms with Gasteiger partial charge in [0.1, 0.15) is 0 Å². The molecule has 1 atom stereocenters. The van der Waals surface area contributed by atoms with Crippen molar-refractivity contribution in [2.24, 2.45) is 11.1 Å². The summed E-state index contributed by atoms with van der Waals surface area (Å²) in [7, 11) is 0. The summed E-state index contributed by atoms with van der Waals surface area (Å²) < 4.78 is 0. The van der Waals surface area contributed by atoms with Gasteiger partial charge in [-0.15, -0.1) is 0 Å². The number of carbonyl (C=O) groups is 1. The topological polar surface area (TPSA) is 49.6 Å². The first-order valence-electron chi connectivity index (χ1n) is 7.43. The third kappa shape index (κ3) is 3.48. The van der Waals surface area contributed by atoms with E-state index in [0.29, 0.717) is 6.04 Å². The third-order valence-corrected chi connectivity index (χ3v) is 4.96. The highest BCUT2D eigenvalue weighted by molar-refractivity contribution is 5.83. The number of nitrogens with two attached hydrogens (primary N) is 1. The molecule has 0 aromatic rings. The van der Waals surface area contributed by atoms with Gasteiger partial charge in [-0.05, 0) is 41.0 Å². The maximum Gasteiger partial charge on any atom is 0.230 e. The van der Waals surface area contributed by atoms with Crippen LogP contribution in [0.1, 0.15) is 48.0 Å². The predicted octanol–water partition coefficient (Wildman–Crippen LogP) is 1.69. The monoisotopic (exact) mass is 269 g/mol. The van der Waals surface area contributed by atoms with Crippen molar-refractivity contribution in [3.8, 4) is 0 Å². The molecule has 0 aromatic carbocycles. The molecule has 1 aliphatic rings. The molecule has 0 bridgehead atoms. The van der Waals surface area contributed by atoms with Crippen LogP contribution in [-0.4, -0.2) is 53.5 Å². The standard InChI is InChI=1S/C15H31N3O/c1-7-12(2)17-8-10-18(11-9-17)13(19)14(3,4)15(5,6)16/h12H,7-11,16H2,1-6H3.